The highest BCUT2D eigenvalue weighted by Crippen LogP contribution is 2.40. The first-order valence-corrected chi connectivity index (χ1v) is 13.5. The van der Waals surface area contributed by atoms with Crippen LogP contribution in [-0.2, 0) is 25.2 Å². The second kappa shape index (κ2) is 12.0. The van der Waals surface area contributed by atoms with Crippen LogP contribution in [0.5, 0.6) is 0 Å². The highest BCUT2D eigenvalue weighted by molar-refractivity contribution is 5.90. The van der Waals surface area contributed by atoms with E-state index in [-0.39, 0.29) is 34.5 Å². The lowest BCUT2D eigenvalue weighted by Gasteiger charge is -2.30. The van der Waals surface area contributed by atoms with E-state index in [1.54, 1.807) is 55.1 Å². The Morgan fingerprint density at radius 3 is 2.38 bits per heavy atom. The van der Waals surface area contributed by atoms with E-state index in [4.69, 9.17) is 5.73 Å². The predicted octanol–water partition coefficient (Wildman–Crippen LogP) is 5.48. The van der Waals surface area contributed by atoms with Crippen molar-refractivity contribution in [3.8, 4) is 12.1 Å². The third-order valence-corrected chi connectivity index (χ3v) is 7.41. The number of fused-ring (bicyclic) bond motifs is 1. The van der Waals surface area contributed by atoms with Crippen LogP contribution in [0.3, 0.4) is 0 Å². The molecule has 0 bridgehead atoms. The third-order valence-electron chi connectivity index (χ3n) is 7.41. The predicted molar refractivity (Wildman–Crippen MR) is 161 cm³/mol. The van der Waals surface area contributed by atoms with Gasteiger partial charge in [-0.05, 0) is 60.2 Å². The molecule has 1 atom stereocenters. The number of allylic oxidation sites excluding steroid dienone is 1. The fraction of sp³-hybridized carbons (Fsp3) is 0.152. The molecule has 45 heavy (non-hydrogen) atoms. The number of aryl methyl sites for hydroxylation is 2. The first-order chi connectivity index (χ1) is 21.5. The molecule has 1 unspecified atom stereocenters. The number of halogens is 3. The first-order valence-electron chi connectivity index (χ1n) is 13.5. The lowest BCUT2D eigenvalue weighted by molar-refractivity contribution is -0.141. The average molecular weight is 607 g/mol. The molecule has 0 radical (unpaired) electrons. The van der Waals surface area contributed by atoms with E-state index in [0.717, 1.165) is 23.9 Å². The molecule has 0 saturated carbocycles. The van der Waals surface area contributed by atoms with Gasteiger partial charge in [0.2, 0.25) is 0 Å². The molecule has 5 aromatic rings. The molecule has 0 spiro atoms. The van der Waals surface area contributed by atoms with E-state index in [9.17, 15) is 28.8 Å². The molecule has 12 heteroatoms. The number of aliphatic imine (C=N–C) groups is 1. The summed E-state index contributed by atoms with van der Waals surface area (Å²) in [6, 6.07) is 16.7. The number of hydrogen-bond acceptors (Lipinski definition) is 8. The number of nitrogens with zero attached hydrogens (tertiary/aromatic N) is 7. The average Bonchev–Trinajstić information content (AvgIpc) is 3.47. The Balaban J connectivity index is 1.70. The SMILES string of the molecule is Cc1cc(C(O)(c2ccc(C(F)(F)F)nc2)c2cncn2C)cc2c(C#N)c(Cc3ccc(N=CC=CN)cc3)c(C#N)nc12. The summed E-state index contributed by atoms with van der Waals surface area (Å²) >= 11 is 0. The molecular formula is C33H25F3N8O. The van der Waals surface area contributed by atoms with Crippen molar-refractivity contribution >= 4 is 22.8 Å². The normalized spacial score (nSPS) is 13.2. The van der Waals surface area contributed by atoms with Crippen LogP contribution >= 0.6 is 0 Å². The highest BCUT2D eigenvalue weighted by atomic mass is 19.4. The molecule has 0 aliphatic carbocycles. The lowest BCUT2D eigenvalue weighted by Crippen LogP contribution is -2.32. The fourth-order valence-corrected chi connectivity index (χ4v) is 5.21. The van der Waals surface area contributed by atoms with Crippen molar-refractivity contribution < 1.29 is 18.3 Å². The fourth-order valence-electron chi connectivity index (χ4n) is 5.21. The number of aliphatic hydroxyl groups is 1. The van der Waals surface area contributed by atoms with Gasteiger partial charge in [-0.3, -0.25) is 9.98 Å². The van der Waals surface area contributed by atoms with Crippen molar-refractivity contribution in [2.45, 2.75) is 25.1 Å². The van der Waals surface area contributed by atoms with Gasteiger partial charge in [0.1, 0.15) is 23.5 Å². The van der Waals surface area contributed by atoms with Gasteiger partial charge in [-0.25, -0.2) is 9.97 Å². The van der Waals surface area contributed by atoms with Crippen molar-refractivity contribution in [3.05, 3.63) is 130 Å². The van der Waals surface area contributed by atoms with Crippen LogP contribution in [0.15, 0.2) is 84.5 Å². The third kappa shape index (κ3) is 5.75. The molecule has 0 amide bonds. The van der Waals surface area contributed by atoms with Gasteiger partial charge in [0.15, 0.2) is 5.60 Å². The number of nitriles is 2. The number of aromatic nitrogens is 4. The van der Waals surface area contributed by atoms with E-state index >= 15 is 0 Å². The van der Waals surface area contributed by atoms with Gasteiger partial charge >= 0.3 is 6.18 Å². The number of hydrogen-bond donors (Lipinski definition) is 2. The van der Waals surface area contributed by atoms with Gasteiger partial charge in [0, 0.05) is 42.4 Å². The number of nitrogens with two attached hydrogens (primary N) is 1. The van der Waals surface area contributed by atoms with Gasteiger partial charge in [-0.2, -0.15) is 23.7 Å². The molecule has 3 aromatic heterocycles. The van der Waals surface area contributed by atoms with Gasteiger partial charge in [-0.15, -0.1) is 0 Å². The second-order valence-electron chi connectivity index (χ2n) is 10.3. The maximum atomic E-state index is 13.3. The molecular weight excluding hydrogens is 581 g/mol. The van der Waals surface area contributed by atoms with Crippen LogP contribution in [0, 0.1) is 29.6 Å². The van der Waals surface area contributed by atoms with Crippen LogP contribution in [0.4, 0.5) is 18.9 Å². The zero-order valence-electron chi connectivity index (χ0n) is 24.1. The van der Waals surface area contributed by atoms with Gasteiger partial charge < -0.3 is 15.4 Å². The summed E-state index contributed by atoms with van der Waals surface area (Å²) in [6.45, 7) is 1.72. The second-order valence-corrected chi connectivity index (χ2v) is 10.3. The topological polar surface area (TPSA) is 150 Å². The minimum absolute atomic E-state index is 0.0582. The van der Waals surface area contributed by atoms with Crippen molar-refractivity contribution in [2.75, 3.05) is 0 Å². The molecule has 5 rings (SSSR count). The standard InChI is InChI=1S/C33H25F3N8O/c1-20-12-23(32(45,30-18-40-19-44(30)2)22-6-9-29(42-17-22)33(34,35)36)14-26-27(15-38)25(28(16-39)43-31(20)26)13-21-4-7-24(8-5-21)41-11-3-10-37/h3-12,14,17-19,45H,13,37H2,1-2H3. The number of rotatable bonds is 7. The zero-order valence-corrected chi connectivity index (χ0v) is 24.1. The Morgan fingerprint density at radius 1 is 1.04 bits per heavy atom. The summed E-state index contributed by atoms with van der Waals surface area (Å²) in [6.07, 6.45) is 3.89. The van der Waals surface area contributed by atoms with Crippen molar-refractivity contribution in [1.82, 2.24) is 19.5 Å². The molecule has 224 valence electrons. The van der Waals surface area contributed by atoms with Crippen molar-refractivity contribution in [2.24, 2.45) is 17.8 Å². The molecule has 9 nitrogen and oxygen atoms in total. The zero-order chi connectivity index (χ0) is 32.4. The van der Waals surface area contributed by atoms with Crippen molar-refractivity contribution in [3.63, 3.8) is 0 Å². The Hall–Kier alpha value is -5.85. The Kier molecular flexibility index (Phi) is 8.18. The number of imidazole rings is 1. The summed E-state index contributed by atoms with van der Waals surface area (Å²) in [5.41, 5.74) is 5.84. The lowest BCUT2D eigenvalue weighted by atomic mass is 9.82. The summed E-state index contributed by atoms with van der Waals surface area (Å²) in [4.78, 5) is 16.5. The quantitative estimate of drug-likeness (QED) is 0.233. The minimum Gasteiger partial charge on any atom is -0.405 e. The van der Waals surface area contributed by atoms with Crippen LogP contribution in [0.1, 0.15) is 50.5 Å². The number of benzene rings is 2. The minimum atomic E-state index is -4.67. The largest absolute Gasteiger partial charge is 0.433 e. The van der Waals surface area contributed by atoms with Gasteiger partial charge in [0.05, 0.1) is 35.0 Å². The maximum absolute atomic E-state index is 13.3. The highest BCUT2D eigenvalue weighted by Gasteiger charge is 2.39. The van der Waals surface area contributed by atoms with Crippen LogP contribution in [0.25, 0.3) is 10.9 Å². The summed E-state index contributed by atoms with van der Waals surface area (Å²) in [7, 11) is 1.64. The molecule has 3 N–H and O–H groups in total. The first kappa shape index (κ1) is 30.6. The van der Waals surface area contributed by atoms with Crippen LogP contribution < -0.4 is 5.73 Å². The van der Waals surface area contributed by atoms with E-state index in [0.29, 0.717) is 27.7 Å². The summed E-state index contributed by atoms with van der Waals surface area (Å²) in [5, 5.41) is 33.2. The summed E-state index contributed by atoms with van der Waals surface area (Å²) < 4.78 is 41.5. The molecule has 0 saturated heterocycles. The Bertz CT molecular complexity index is 2030. The van der Waals surface area contributed by atoms with Gasteiger partial charge in [0.25, 0.3) is 0 Å². The van der Waals surface area contributed by atoms with E-state index < -0.39 is 17.5 Å². The van der Waals surface area contributed by atoms with E-state index in [1.165, 1.54) is 18.7 Å². The van der Waals surface area contributed by atoms with Crippen LogP contribution in [0.2, 0.25) is 0 Å². The van der Waals surface area contributed by atoms with E-state index in [1.807, 2.05) is 12.1 Å². The molecule has 3 heterocycles. The van der Waals surface area contributed by atoms with Crippen LogP contribution in [-0.4, -0.2) is 30.8 Å². The maximum Gasteiger partial charge on any atom is 0.433 e. The van der Waals surface area contributed by atoms with E-state index in [2.05, 4.69) is 32.1 Å². The number of alkyl halides is 3. The Labute approximate surface area is 256 Å². The van der Waals surface area contributed by atoms with Crippen molar-refractivity contribution in [1.29, 1.82) is 10.5 Å². The molecule has 0 fully saturated rings. The Morgan fingerprint density at radius 2 is 1.80 bits per heavy atom. The molecule has 2 aromatic carbocycles. The molecule has 0 aliphatic rings. The monoisotopic (exact) mass is 606 g/mol. The molecule has 0 aliphatic heterocycles. The number of pyridine rings is 2. The van der Waals surface area contributed by atoms with Gasteiger partial charge in [-0.1, -0.05) is 24.3 Å². The summed E-state index contributed by atoms with van der Waals surface area (Å²) in [5.74, 6) is 0. The smallest absolute Gasteiger partial charge is 0.405 e.